The number of rotatable bonds is 4. The minimum Gasteiger partial charge on any atom is -0.360 e. The molecular formula is C16H21N3O4S2. The normalized spacial score (nSPS) is 16.4. The lowest BCUT2D eigenvalue weighted by molar-refractivity contribution is 0.0701. The lowest BCUT2D eigenvalue weighted by atomic mass is 10.2. The van der Waals surface area contributed by atoms with Gasteiger partial charge in [0, 0.05) is 26.2 Å². The van der Waals surface area contributed by atoms with E-state index in [0.717, 1.165) is 16.9 Å². The van der Waals surface area contributed by atoms with Crippen molar-refractivity contribution in [2.75, 3.05) is 26.2 Å². The minimum absolute atomic E-state index is 0.0127. The molecule has 1 aliphatic rings. The molecule has 0 unspecified atom stereocenters. The number of hydrogen-bond donors (Lipinski definition) is 0. The Bertz CT molecular complexity index is 858. The summed E-state index contributed by atoms with van der Waals surface area (Å²) in [6.07, 6.45) is 0.810. The molecule has 0 bridgehead atoms. The number of nitrogens with zero attached hydrogens (tertiary/aromatic N) is 3. The van der Waals surface area contributed by atoms with Crippen LogP contribution < -0.4 is 0 Å². The van der Waals surface area contributed by atoms with Gasteiger partial charge in [-0.1, -0.05) is 12.1 Å². The first kappa shape index (κ1) is 18.1. The van der Waals surface area contributed by atoms with Gasteiger partial charge in [0.25, 0.3) is 5.91 Å². The van der Waals surface area contributed by atoms with E-state index in [1.54, 1.807) is 18.7 Å². The van der Waals surface area contributed by atoms with Crippen molar-refractivity contribution in [2.45, 2.75) is 32.1 Å². The predicted molar refractivity (Wildman–Crippen MR) is 94.3 cm³/mol. The monoisotopic (exact) mass is 383 g/mol. The molecule has 0 radical (unpaired) electrons. The molecule has 3 heterocycles. The lowest BCUT2D eigenvalue weighted by Gasteiger charge is -2.33. The maximum atomic E-state index is 12.8. The number of sulfonamides is 1. The van der Waals surface area contributed by atoms with Crippen LogP contribution in [-0.4, -0.2) is 54.9 Å². The van der Waals surface area contributed by atoms with Crippen LogP contribution in [0.5, 0.6) is 0 Å². The molecule has 9 heteroatoms. The molecule has 0 N–H and O–H groups in total. The fourth-order valence-electron chi connectivity index (χ4n) is 3.05. The maximum absolute atomic E-state index is 12.8. The fourth-order valence-corrected chi connectivity index (χ4v) is 5.72. The zero-order valence-electron chi connectivity index (χ0n) is 14.5. The summed E-state index contributed by atoms with van der Waals surface area (Å²) >= 11 is 1.44. The average Bonchev–Trinajstić information content (AvgIpc) is 3.20. The van der Waals surface area contributed by atoms with Gasteiger partial charge in [-0.25, -0.2) is 8.42 Å². The number of carbonyl (C=O) groups is 1. The van der Waals surface area contributed by atoms with E-state index >= 15 is 0 Å². The van der Waals surface area contributed by atoms with Gasteiger partial charge in [-0.15, -0.1) is 11.3 Å². The van der Waals surface area contributed by atoms with Gasteiger partial charge < -0.3 is 9.42 Å². The second-order valence-corrected chi connectivity index (χ2v) is 8.77. The quantitative estimate of drug-likeness (QED) is 0.807. The number of aromatic nitrogens is 1. The molecule has 2 aromatic heterocycles. The first-order valence-corrected chi connectivity index (χ1v) is 10.5. The Balaban J connectivity index is 1.73. The van der Waals surface area contributed by atoms with Crippen LogP contribution in [0.3, 0.4) is 0 Å². The smallest absolute Gasteiger partial charge is 0.264 e. The Kier molecular flexibility index (Phi) is 4.99. The summed E-state index contributed by atoms with van der Waals surface area (Å²) in [6, 6.07) is 1.97. The number of thiophene rings is 1. The zero-order valence-corrected chi connectivity index (χ0v) is 16.1. The predicted octanol–water partition coefficient (Wildman–Crippen LogP) is 2.06. The van der Waals surface area contributed by atoms with E-state index in [-0.39, 0.29) is 23.9 Å². The van der Waals surface area contributed by atoms with E-state index in [1.165, 1.54) is 15.6 Å². The second-order valence-electron chi connectivity index (χ2n) is 5.98. The molecule has 1 aliphatic heterocycles. The van der Waals surface area contributed by atoms with Gasteiger partial charge in [-0.2, -0.15) is 4.31 Å². The molecule has 0 spiro atoms. The van der Waals surface area contributed by atoms with Gasteiger partial charge in [0.05, 0.1) is 4.88 Å². The highest BCUT2D eigenvalue weighted by atomic mass is 32.2. The summed E-state index contributed by atoms with van der Waals surface area (Å²) in [7, 11) is -3.65. The van der Waals surface area contributed by atoms with Crippen molar-refractivity contribution in [2.24, 2.45) is 0 Å². The first-order chi connectivity index (χ1) is 11.9. The van der Waals surface area contributed by atoms with Gasteiger partial charge in [-0.3, -0.25) is 4.79 Å². The average molecular weight is 383 g/mol. The summed E-state index contributed by atoms with van der Waals surface area (Å²) in [4.78, 5) is 15.3. The fraction of sp³-hybridized carbons (Fsp3) is 0.500. The van der Waals surface area contributed by atoms with Gasteiger partial charge >= 0.3 is 0 Å². The van der Waals surface area contributed by atoms with E-state index in [1.807, 2.05) is 18.4 Å². The number of hydrogen-bond acceptors (Lipinski definition) is 6. The maximum Gasteiger partial charge on any atom is 0.264 e. The van der Waals surface area contributed by atoms with Gasteiger partial charge in [0.1, 0.15) is 10.6 Å². The third-order valence-corrected chi connectivity index (χ3v) is 7.50. The summed E-state index contributed by atoms with van der Waals surface area (Å²) < 4.78 is 32.0. The van der Waals surface area contributed by atoms with Crippen molar-refractivity contribution in [1.29, 1.82) is 0 Å². The molecular weight excluding hydrogens is 362 g/mol. The molecule has 1 saturated heterocycles. The van der Waals surface area contributed by atoms with Crippen molar-refractivity contribution in [1.82, 2.24) is 14.4 Å². The van der Waals surface area contributed by atoms with Crippen molar-refractivity contribution >= 4 is 27.3 Å². The molecule has 0 aliphatic carbocycles. The Morgan fingerprint density at radius 1 is 1.28 bits per heavy atom. The summed E-state index contributed by atoms with van der Waals surface area (Å²) in [5.74, 6) is 0.281. The molecule has 136 valence electrons. The van der Waals surface area contributed by atoms with E-state index in [0.29, 0.717) is 24.5 Å². The van der Waals surface area contributed by atoms with E-state index < -0.39 is 10.0 Å². The summed E-state index contributed by atoms with van der Waals surface area (Å²) in [6.45, 7) is 6.52. The summed E-state index contributed by atoms with van der Waals surface area (Å²) in [5, 5.41) is 5.65. The van der Waals surface area contributed by atoms with Crippen LogP contribution in [0.2, 0.25) is 0 Å². The molecule has 1 amide bonds. The van der Waals surface area contributed by atoms with Crippen molar-refractivity contribution in [3.05, 3.63) is 33.3 Å². The highest BCUT2D eigenvalue weighted by Crippen LogP contribution is 2.25. The Morgan fingerprint density at radius 3 is 2.52 bits per heavy atom. The van der Waals surface area contributed by atoms with Crippen LogP contribution in [0.15, 0.2) is 20.9 Å². The number of amides is 1. The molecule has 0 saturated carbocycles. The number of piperazine rings is 1. The third-order valence-electron chi connectivity index (χ3n) is 4.41. The van der Waals surface area contributed by atoms with Crippen LogP contribution in [0.1, 0.15) is 33.6 Å². The second kappa shape index (κ2) is 6.89. The van der Waals surface area contributed by atoms with Crippen LogP contribution in [0.4, 0.5) is 0 Å². The van der Waals surface area contributed by atoms with Crippen LogP contribution in [0.25, 0.3) is 0 Å². The van der Waals surface area contributed by atoms with E-state index in [2.05, 4.69) is 5.16 Å². The zero-order chi connectivity index (χ0) is 18.2. The molecule has 25 heavy (non-hydrogen) atoms. The Morgan fingerprint density at radius 2 is 1.96 bits per heavy atom. The third kappa shape index (κ3) is 3.23. The molecule has 1 fully saturated rings. The standard InChI is InChI=1S/C16H21N3O4S2/c1-4-13-5-10-24-14(13)16(20)18-6-8-19(9-7-18)25(21,22)15-11(2)17-23-12(15)3/h5,10H,4,6-9H2,1-3H3. The molecule has 7 nitrogen and oxygen atoms in total. The van der Waals surface area contributed by atoms with Crippen LogP contribution in [0, 0.1) is 13.8 Å². The Labute approximate surface area is 151 Å². The van der Waals surface area contributed by atoms with Gasteiger partial charge in [-0.05, 0) is 37.3 Å². The van der Waals surface area contributed by atoms with Crippen LogP contribution >= 0.6 is 11.3 Å². The lowest BCUT2D eigenvalue weighted by Crippen LogP contribution is -2.50. The summed E-state index contributed by atoms with van der Waals surface area (Å²) in [5.41, 5.74) is 1.41. The SMILES string of the molecule is CCc1ccsc1C(=O)N1CCN(S(=O)(=O)c2c(C)noc2C)CC1. The van der Waals surface area contributed by atoms with Crippen molar-refractivity contribution in [3.63, 3.8) is 0 Å². The molecule has 0 atom stereocenters. The topological polar surface area (TPSA) is 83.7 Å². The number of carbonyl (C=O) groups excluding carboxylic acids is 1. The van der Waals surface area contributed by atoms with Crippen LogP contribution in [-0.2, 0) is 16.4 Å². The highest BCUT2D eigenvalue weighted by Gasteiger charge is 2.34. The highest BCUT2D eigenvalue weighted by molar-refractivity contribution is 7.89. The van der Waals surface area contributed by atoms with Gasteiger partial charge in [0.2, 0.25) is 10.0 Å². The van der Waals surface area contributed by atoms with Crippen molar-refractivity contribution in [3.8, 4) is 0 Å². The first-order valence-electron chi connectivity index (χ1n) is 8.15. The molecule has 2 aromatic rings. The van der Waals surface area contributed by atoms with Gasteiger partial charge in [0.15, 0.2) is 5.76 Å². The molecule has 3 rings (SSSR count). The molecule has 0 aromatic carbocycles. The minimum atomic E-state index is -3.65. The number of aryl methyl sites for hydroxylation is 3. The Hall–Kier alpha value is -1.71. The van der Waals surface area contributed by atoms with E-state index in [4.69, 9.17) is 4.52 Å². The van der Waals surface area contributed by atoms with E-state index in [9.17, 15) is 13.2 Å². The largest absolute Gasteiger partial charge is 0.360 e. The van der Waals surface area contributed by atoms with Crippen molar-refractivity contribution < 1.29 is 17.7 Å².